The van der Waals surface area contributed by atoms with E-state index in [9.17, 15) is 9.59 Å². The molecule has 0 saturated carbocycles. The van der Waals surface area contributed by atoms with Crippen molar-refractivity contribution >= 4 is 23.4 Å². The number of hydrogen-bond acceptors (Lipinski definition) is 2. The van der Waals surface area contributed by atoms with Gasteiger partial charge in [0.2, 0.25) is 11.8 Å². The van der Waals surface area contributed by atoms with Crippen molar-refractivity contribution in [2.24, 2.45) is 0 Å². The van der Waals surface area contributed by atoms with Crippen LogP contribution in [0.5, 0.6) is 0 Å². The molecule has 0 aromatic heterocycles. The van der Waals surface area contributed by atoms with Crippen LogP contribution < -0.4 is 5.32 Å². The Morgan fingerprint density at radius 2 is 2.00 bits per heavy atom. The van der Waals surface area contributed by atoms with Crippen molar-refractivity contribution in [1.82, 2.24) is 5.32 Å². The molecule has 1 N–H and O–H groups in total. The molecule has 2 unspecified atom stereocenters. The van der Waals surface area contributed by atoms with Crippen LogP contribution in [0.3, 0.4) is 0 Å². The highest BCUT2D eigenvalue weighted by molar-refractivity contribution is 6.37. The largest absolute Gasteiger partial charge is 0.295 e. The summed E-state index contributed by atoms with van der Waals surface area (Å²) in [6, 6.07) is 7.47. The minimum Gasteiger partial charge on any atom is -0.295 e. The molecule has 1 aromatic rings. The lowest BCUT2D eigenvalue weighted by molar-refractivity contribution is -0.125. The first kappa shape index (κ1) is 10.2. The van der Waals surface area contributed by atoms with Gasteiger partial charge in [-0.1, -0.05) is 29.8 Å². The fraction of sp³-hybridized carbons (Fsp3) is 0.273. The van der Waals surface area contributed by atoms with Gasteiger partial charge in [-0.3, -0.25) is 14.9 Å². The fourth-order valence-electron chi connectivity index (χ4n) is 1.74. The third-order valence-electron chi connectivity index (χ3n) is 2.47. The molecule has 1 saturated heterocycles. The first-order valence-electron chi connectivity index (χ1n) is 4.65. The highest BCUT2D eigenvalue weighted by atomic mass is 35.5. The van der Waals surface area contributed by atoms with Crippen LogP contribution in [0.2, 0.25) is 0 Å². The van der Waals surface area contributed by atoms with Crippen LogP contribution in [-0.2, 0) is 9.59 Å². The van der Waals surface area contributed by atoms with Crippen LogP contribution in [-0.4, -0.2) is 17.2 Å². The predicted molar refractivity (Wildman–Crippen MR) is 56.7 cm³/mol. The number of benzene rings is 1. The zero-order valence-corrected chi connectivity index (χ0v) is 8.91. The Bertz CT molecular complexity index is 430. The standard InChI is InChI=1S/C11H10ClNO2/c1-6-3-2-4-7(5-6)8-9(12)11(15)13-10(8)14/h2-5,8-9H,1H3,(H,13,14,15). The number of rotatable bonds is 1. The predicted octanol–water partition coefficient (Wildman–Crippen LogP) is 1.34. The second-order valence-electron chi connectivity index (χ2n) is 3.65. The van der Waals surface area contributed by atoms with Crippen molar-refractivity contribution in [2.45, 2.75) is 18.2 Å². The molecular weight excluding hydrogens is 214 g/mol. The van der Waals surface area contributed by atoms with Crippen LogP contribution in [0.25, 0.3) is 0 Å². The average Bonchev–Trinajstić information content (AvgIpc) is 2.41. The van der Waals surface area contributed by atoms with Gasteiger partial charge in [-0.2, -0.15) is 0 Å². The number of hydrogen-bond donors (Lipinski definition) is 1. The lowest BCUT2D eigenvalue weighted by Gasteiger charge is -2.10. The van der Waals surface area contributed by atoms with E-state index < -0.39 is 17.2 Å². The van der Waals surface area contributed by atoms with E-state index >= 15 is 0 Å². The Hall–Kier alpha value is -1.35. The minimum atomic E-state index is -0.792. The molecule has 0 radical (unpaired) electrons. The molecule has 2 rings (SSSR count). The molecule has 78 valence electrons. The summed E-state index contributed by atoms with van der Waals surface area (Å²) in [7, 11) is 0. The van der Waals surface area contributed by atoms with Crippen LogP contribution in [0.15, 0.2) is 24.3 Å². The molecule has 1 aliphatic rings. The third kappa shape index (κ3) is 1.75. The van der Waals surface area contributed by atoms with Gasteiger partial charge in [0.25, 0.3) is 0 Å². The van der Waals surface area contributed by atoms with Gasteiger partial charge < -0.3 is 0 Å². The molecule has 2 atom stereocenters. The number of amides is 2. The Morgan fingerprint density at radius 1 is 1.27 bits per heavy atom. The third-order valence-corrected chi connectivity index (χ3v) is 2.92. The molecule has 4 heteroatoms. The van der Waals surface area contributed by atoms with Crippen molar-refractivity contribution in [2.75, 3.05) is 0 Å². The second-order valence-corrected chi connectivity index (χ2v) is 4.12. The maximum atomic E-state index is 11.5. The Morgan fingerprint density at radius 3 is 2.53 bits per heavy atom. The van der Waals surface area contributed by atoms with E-state index in [1.54, 1.807) is 0 Å². The number of aryl methyl sites for hydroxylation is 1. The summed E-state index contributed by atoms with van der Waals surface area (Å²) < 4.78 is 0. The number of carbonyl (C=O) groups is 2. The highest BCUT2D eigenvalue weighted by Gasteiger charge is 2.41. The first-order chi connectivity index (χ1) is 7.09. The monoisotopic (exact) mass is 223 g/mol. The zero-order valence-electron chi connectivity index (χ0n) is 8.16. The topological polar surface area (TPSA) is 46.2 Å². The lowest BCUT2D eigenvalue weighted by Crippen LogP contribution is -2.22. The Labute approximate surface area is 92.4 Å². The molecule has 1 aliphatic heterocycles. The summed E-state index contributed by atoms with van der Waals surface area (Å²) in [4.78, 5) is 22.7. The molecule has 1 fully saturated rings. The quantitative estimate of drug-likeness (QED) is 0.577. The van der Waals surface area contributed by atoms with Crippen molar-refractivity contribution in [1.29, 1.82) is 0 Å². The van der Waals surface area contributed by atoms with E-state index in [1.165, 1.54) is 0 Å². The summed E-state index contributed by atoms with van der Waals surface area (Å²) >= 11 is 5.88. The summed E-state index contributed by atoms with van der Waals surface area (Å²) in [5.74, 6) is -1.28. The summed E-state index contributed by atoms with van der Waals surface area (Å²) in [6.45, 7) is 1.93. The van der Waals surface area contributed by atoms with E-state index in [-0.39, 0.29) is 5.91 Å². The van der Waals surface area contributed by atoms with Gasteiger partial charge in [-0.05, 0) is 12.5 Å². The maximum absolute atomic E-state index is 11.5. The van der Waals surface area contributed by atoms with Crippen molar-refractivity contribution in [3.63, 3.8) is 0 Å². The van der Waals surface area contributed by atoms with Crippen LogP contribution >= 0.6 is 11.6 Å². The fourth-order valence-corrected chi connectivity index (χ4v) is 2.05. The van der Waals surface area contributed by atoms with Crippen LogP contribution in [0, 0.1) is 6.92 Å². The van der Waals surface area contributed by atoms with E-state index in [4.69, 9.17) is 11.6 Å². The Balaban J connectivity index is 2.39. The van der Waals surface area contributed by atoms with Gasteiger partial charge in [0, 0.05) is 0 Å². The number of halogens is 1. The summed E-state index contributed by atoms with van der Waals surface area (Å²) in [6.07, 6.45) is 0. The molecule has 1 heterocycles. The average molecular weight is 224 g/mol. The lowest BCUT2D eigenvalue weighted by atomic mass is 9.96. The molecule has 0 spiro atoms. The molecule has 3 nitrogen and oxygen atoms in total. The Kier molecular flexibility index (Phi) is 2.49. The van der Waals surface area contributed by atoms with Gasteiger partial charge >= 0.3 is 0 Å². The number of alkyl halides is 1. The molecular formula is C11H10ClNO2. The number of nitrogens with one attached hydrogen (secondary N) is 1. The first-order valence-corrected chi connectivity index (χ1v) is 5.08. The molecule has 0 bridgehead atoms. The normalized spacial score (nSPS) is 25.5. The molecule has 1 aromatic carbocycles. The van der Waals surface area contributed by atoms with Crippen LogP contribution in [0.1, 0.15) is 17.0 Å². The number of carbonyl (C=O) groups excluding carboxylic acids is 2. The second kappa shape index (κ2) is 3.66. The zero-order chi connectivity index (χ0) is 11.0. The van der Waals surface area contributed by atoms with E-state index in [1.807, 2.05) is 31.2 Å². The molecule has 0 aliphatic carbocycles. The molecule has 2 amide bonds. The van der Waals surface area contributed by atoms with Gasteiger partial charge in [0.15, 0.2) is 0 Å². The number of imide groups is 1. The van der Waals surface area contributed by atoms with Crippen LogP contribution in [0.4, 0.5) is 0 Å². The van der Waals surface area contributed by atoms with Gasteiger partial charge in [0.1, 0.15) is 5.38 Å². The van der Waals surface area contributed by atoms with E-state index in [0.717, 1.165) is 11.1 Å². The van der Waals surface area contributed by atoms with E-state index in [2.05, 4.69) is 5.32 Å². The minimum absolute atomic E-state index is 0.314. The van der Waals surface area contributed by atoms with Crippen molar-refractivity contribution < 1.29 is 9.59 Å². The van der Waals surface area contributed by atoms with Crippen molar-refractivity contribution in [3.8, 4) is 0 Å². The summed E-state index contributed by atoms with van der Waals surface area (Å²) in [5, 5.41) is 1.43. The van der Waals surface area contributed by atoms with E-state index in [0.29, 0.717) is 0 Å². The van der Waals surface area contributed by atoms with Crippen molar-refractivity contribution in [3.05, 3.63) is 35.4 Å². The highest BCUT2D eigenvalue weighted by Crippen LogP contribution is 2.28. The maximum Gasteiger partial charge on any atom is 0.245 e. The summed E-state index contributed by atoms with van der Waals surface area (Å²) in [5.41, 5.74) is 1.84. The van der Waals surface area contributed by atoms with Gasteiger partial charge in [-0.15, -0.1) is 11.6 Å². The smallest absolute Gasteiger partial charge is 0.245 e. The molecule has 15 heavy (non-hydrogen) atoms. The van der Waals surface area contributed by atoms with Gasteiger partial charge in [0.05, 0.1) is 5.92 Å². The SMILES string of the molecule is Cc1cccc(C2C(=O)NC(=O)C2Cl)c1. The van der Waals surface area contributed by atoms with Gasteiger partial charge in [-0.25, -0.2) is 0 Å².